The van der Waals surface area contributed by atoms with Gasteiger partial charge in [-0.15, -0.1) is 10.2 Å². The van der Waals surface area contributed by atoms with Gasteiger partial charge in [0.25, 0.3) is 0 Å². The van der Waals surface area contributed by atoms with Gasteiger partial charge in [0, 0.05) is 11.9 Å². The molecule has 2 heterocycles. The molecular formula is C13H11N5. The molecule has 1 aromatic carbocycles. The van der Waals surface area contributed by atoms with Crippen molar-refractivity contribution in [2.24, 2.45) is 0 Å². The highest BCUT2D eigenvalue weighted by Gasteiger charge is 2.09. The van der Waals surface area contributed by atoms with Gasteiger partial charge < -0.3 is 0 Å². The third-order valence-electron chi connectivity index (χ3n) is 2.59. The zero-order valence-corrected chi connectivity index (χ0v) is 9.85. The molecule has 0 unspecified atom stereocenters. The van der Waals surface area contributed by atoms with E-state index in [9.17, 15) is 0 Å². The van der Waals surface area contributed by atoms with Gasteiger partial charge in [0.15, 0.2) is 5.82 Å². The van der Waals surface area contributed by atoms with Gasteiger partial charge in [-0.1, -0.05) is 18.2 Å². The molecule has 0 amide bonds. The van der Waals surface area contributed by atoms with Gasteiger partial charge in [-0.2, -0.15) is 0 Å². The molecule has 0 N–H and O–H groups in total. The van der Waals surface area contributed by atoms with Crippen molar-refractivity contribution in [3.63, 3.8) is 0 Å². The molecule has 5 nitrogen and oxygen atoms in total. The quantitative estimate of drug-likeness (QED) is 0.684. The first kappa shape index (κ1) is 10.6. The largest absolute Gasteiger partial charge is 0.280 e. The molecule has 0 saturated heterocycles. The number of rotatable bonds is 2. The summed E-state index contributed by atoms with van der Waals surface area (Å²) in [6.07, 6.45) is 5.10. The molecular weight excluding hydrogens is 226 g/mol. The third-order valence-corrected chi connectivity index (χ3v) is 2.59. The minimum Gasteiger partial charge on any atom is -0.280 e. The fourth-order valence-electron chi connectivity index (χ4n) is 1.70. The Morgan fingerprint density at radius 3 is 2.56 bits per heavy atom. The molecule has 0 atom stereocenters. The zero-order valence-electron chi connectivity index (χ0n) is 9.85. The molecule has 0 bridgehead atoms. The van der Waals surface area contributed by atoms with Crippen LogP contribution in [0.5, 0.6) is 0 Å². The maximum Gasteiger partial charge on any atom is 0.188 e. The second kappa shape index (κ2) is 4.37. The summed E-state index contributed by atoms with van der Waals surface area (Å²) in [7, 11) is 0. The average Bonchev–Trinajstić information content (AvgIpc) is 2.90. The van der Waals surface area contributed by atoms with E-state index in [4.69, 9.17) is 0 Å². The zero-order chi connectivity index (χ0) is 12.4. The predicted octanol–water partition coefficient (Wildman–Crippen LogP) is 2.03. The maximum atomic E-state index is 4.32. The van der Waals surface area contributed by atoms with Crippen molar-refractivity contribution in [2.45, 2.75) is 6.92 Å². The molecule has 0 aliphatic rings. The first-order valence-corrected chi connectivity index (χ1v) is 5.59. The van der Waals surface area contributed by atoms with Crippen molar-refractivity contribution >= 4 is 0 Å². The molecule has 18 heavy (non-hydrogen) atoms. The van der Waals surface area contributed by atoms with Crippen molar-refractivity contribution in [2.75, 3.05) is 0 Å². The molecule has 5 heteroatoms. The van der Waals surface area contributed by atoms with Crippen LogP contribution in [0.3, 0.4) is 0 Å². The lowest BCUT2D eigenvalue weighted by Gasteiger charge is -2.05. The van der Waals surface area contributed by atoms with E-state index >= 15 is 0 Å². The number of aryl methyl sites for hydroxylation is 1. The van der Waals surface area contributed by atoms with Gasteiger partial charge >= 0.3 is 0 Å². The highest BCUT2D eigenvalue weighted by atomic mass is 15.3. The summed E-state index contributed by atoms with van der Waals surface area (Å²) in [4.78, 5) is 8.55. The first-order valence-electron chi connectivity index (χ1n) is 5.59. The van der Waals surface area contributed by atoms with Crippen LogP contribution in [0.1, 0.15) is 5.69 Å². The predicted molar refractivity (Wildman–Crippen MR) is 67.1 cm³/mol. The molecule has 0 radical (unpaired) electrons. The van der Waals surface area contributed by atoms with Crippen LogP contribution in [-0.2, 0) is 0 Å². The fraction of sp³-hybridized carbons (Fsp3) is 0.0769. The van der Waals surface area contributed by atoms with E-state index in [1.54, 1.807) is 18.7 Å². The molecule has 2 aromatic heterocycles. The van der Waals surface area contributed by atoms with E-state index in [1.807, 2.05) is 41.8 Å². The topological polar surface area (TPSA) is 56.5 Å². The summed E-state index contributed by atoms with van der Waals surface area (Å²) in [5, 5.41) is 8.05. The van der Waals surface area contributed by atoms with E-state index in [-0.39, 0.29) is 0 Å². The van der Waals surface area contributed by atoms with Crippen LogP contribution in [-0.4, -0.2) is 24.7 Å². The number of hydrogen-bond acceptors (Lipinski definition) is 4. The van der Waals surface area contributed by atoms with Crippen molar-refractivity contribution in [3.05, 3.63) is 54.7 Å². The third kappa shape index (κ3) is 1.86. The van der Waals surface area contributed by atoms with Crippen LogP contribution in [0.2, 0.25) is 0 Å². The normalized spacial score (nSPS) is 10.5. The molecule has 0 aliphatic heterocycles. The van der Waals surface area contributed by atoms with E-state index in [1.165, 1.54) is 0 Å². The average molecular weight is 237 g/mol. The Bertz CT molecular complexity index is 643. The van der Waals surface area contributed by atoms with E-state index in [2.05, 4.69) is 20.2 Å². The van der Waals surface area contributed by atoms with Gasteiger partial charge in [-0.3, -0.25) is 9.55 Å². The summed E-state index contributed by atoms with van der Waals surface area (Å²) in [5.41, 5.74) is 2.59. The van der Waals surface area contributed by atoms with Crippen molar-refractivity contribution in [1.82, 2.24) is 24.7 Å². The van der Waals surface area contributed by atoms with Crippen LogP contribution in [0.15, 0.2) is 49.1 Å². The summed E-state index contributed by atoms with van der Waals surface area (Å²) < 4.78 is 1.89. The molecule has 88 valence electrons. The summed E-state index contributed by atoms with van der Waals surface area (Å²) >= 11 is 0. The number of benzene rings is 1. The lowest BCUT2D eigenvalue weighted by molar-refractivity contribution is 1.03. The second-order valence-corrected chi connectivity index (χ2v) is 3.90. The van der Waals surface area contributed by atoms with E-state index in [0.717, 1.165) is 11.4 Å². The van der Waals surface area contributed by atoms with Gasteiger partial charge in [0.05, 0.1) is 11.9 Å². The van der Waals surface area contributed by atoms with Crippen molar-refractivity contribution in [1.29, 1.82) is 0 Å². The highest BCUT2D eigenvalue weighted by Crippen LogP contribution is 2.17. The van der Waals surface area contributed by atoms with Crippen molar-refractivity contribution in [3.8, 4) is 17.2 Å². The smallest absolute Gasteiger partial charge is 0.188 e. The van der Waals surface area contributed by atoms with E-state index in [0.29, 0.717) is 11.5 Å². The Hall–Kier alpha value is -2.56. The first-order chi connectivity index (χ1) is 8.84. The minimum absolute atomic E-state index is 0.689. The Balaban J connectivity index is 2.10. The summed E-state index contributed by atoms with van der Waals surface area (Å²) in [6.45, 7) is 1.90. The van der Waals surface area contributed by atoms with Crippen molar-refractivity contribution < 1.29 is 0 Å². The molecule has 0 spiro atoms. The number of hydrogen-bond donors (Lipinski definition) is 0. The fourth-order valence-corrected chi connectivity index (χ4v) is 1.70. The lowest BCUT2D eigenvalue weighted by Crippen LogP contribution is -1.98. The number of aromatic nitrogens is 5. The van der Waals surface area contributed by atoms with Crippen LogP contribution in [0.25, 0.3) is 17.2 Å². The molecule has 0 fully saturated rings. The van der Waals surface area contributed by atoms with Crippen LogP contribution < -0.4 is 0 Å². The van der Waals surface area contributed by atoms with Crippen LogP contribution in [0.4, 0.5) is 0 Å². The maximum absolute atomic E-state index is 4.32. The van der Waals surface area contributed by atoms with Gasteiger partial charge in [-0.05, 0) is 19.1 Å². The van der Waals surface area contributed by atoms with Gasteiger partial charge in [0.2, 0.25) is 0 Å². The number of nitrogens with zero attached hydrogens (tertiary/aromatic N) is 5. The monoisotopic (exact) mass is 237 g/mol. The second-order valence-electron chi connectivity index (χ2n) is 3.90. The lowest BCUT2D eigenvalue weighted by atomic mass is 10.3. The van der Waals surface area contributed by atoms with Crippen LogP contribution >= 0.6 is 0 Å². The Morgan fingerprint density at radius 2 is 1.83 bits per heavy atom. The van der Waals surface area contributed by atoms with E-state index < -0.39 is 0 Å². The summed E-state index contributed by atoms with van der Waals surface area (Å²) in [5.74, 6) is 0.689. The SMILES string of the molecule is Cc1cnc(-c2nncn2-c2ccccc2)cn1. The summed E-state index contributed by atoms with van der Waals surface area (Å²) in [6, 6.07) is 9.90. The van der Waals surface area contributed by atoms with Gasteiger partial charge in [-0.25, -0.2) is 4.98 Å². The molecule has 3 aromatic rings. The minimum atomic E-state index is 0.689. The van der Waals surface area contributed by atoms with Gasteiger partial charge in [0.1, 0.15) is 12.0 Å². The number of para-hydroxylation sites is 1. The standard InChI is InChI=1S/C13H11N5/c1-10-7-15-12(8-14-10)13-17-16-9-18(13)11-5-3-2-4-6-11/h2-9H,1H3. The Kier molecular flexibility index (Phi) is 2.57. The Labute approximate surface area is 104 Å². The molecule has 0 aliphatic carbocycles. The Morgan fingerprint density at radius 1 is 1.00 bits per heavy atom. The van der Waals surface area contributed by atoms with Crippen LogP contribution in [0, 0.1) is 6.92 Å². The molecule has 0 saturated carbocycles. The molecule has 3 rings (SSSR count). The highest BCUT2D eigenvalue weighted by molar-refractivity contribution is 5.51.